The fourth-order valence-electron chi connectivity index (χ4n) is 2.58. The molecular formula is C14H19N5O3. The van der Waals surface area contributed by atoms with E-state index >= 15 is 0 Å². The zero-order valence-corrected chi connectivity index (χ0v) is 12.4. The Morgan fingerprint density at radius 1 is 1.45 bits per heavy atom. The van der Waals surface area contributed by atoms with E-state index in [1.165, 1.54) is 0 Å². The van der Waals surface area contributed by atoms with Gasteiger partial charge in [-0.1, -0.05) is 0 Å². The highest BCUT2D eigenvalue weighted by Crippen LogP contribution is 2.29. The second-order valence-corrected chi connectivity index (χ2v) is 5.76. The molecule has 0 bridgehead atoms. The quantitative estimate of drug-likeness (QED) is 0.717. The van der Waals surface area contributed by atoms with E-state index in [9.17, 15) is 14.4 Å². The zero-order chi connectivity index (χ0) is 15.7. The number of hydrogen-bond acceptors (Lipinski definition) is 4. The van der Waals surface area contributed by atoms with Gasteiger partial charge in [0, 0.05) is 31.9 Å². The number of carbonyl (C=O) groups is 3. The Kier molecular flexibility index (Phi) is 3.82. The topological polar surface area (TPSA) is 96.3 Å². The lowest BCUT2D eigenvalue weighted by Crippen LogP contribution is -2.36. The molecule has 4 amide bonds. The second-order valence-electron chi connectivity index (χ2n) is 5.76. The van der Waals surface area contributed by atoms with E-state index in [4.69, 9.17) is 0 Å². The molecule has 22 heavy (non-hydrogen) atoms. The minimum atomic E-state index is -0.606. The van der Waals surface area contributed by atoms with E-state index in [0.717, 1.165) is 18.7 Å². The molecule has 1 saturated carbocycles. The van der Waals surface area contributed by atoms with Crippen molar-refractivity contribution >= 4 is 17.8 Å². The van der Waals surface area contributed by atoms with Gasteiger partial charge in [-0.25, -0.2) is 9.78 Å². The van der Waals surface area contributed by atoms with Gasteiger partial charge in [0.05, 0.1) is 6.54 Å². The second kappa shape index (κ2) is 5.78. The van der Waals surface area contributed by atoms with Crippen LogP contribution in [-0.2, 0) is 23.2 Å². The van der Waals surface area contributed by atoms with Gasteiger partial charge in [0.2, 0.25) is 5.91 Å². The Labute approximate surface area is 127 Å². The van der Waals surface area contributed by atoms with Crippen molar-refractivity contribution < 1.29 is 14.4 Å². The van der Waals surface area contributed by atoms with Gasteiger partial charge in [-0.15, -0.1) is 0 Å². The van der Waals surface area contributed by atoms with Crippen molar-refractivity contribution in [3.63, 3.8) is 0 Å². The molecule has 1 atom stereocenters. The van der Waals surface area contributed by atoms with Crippen molar-refractivity contribution in [1.82, 2.24) is 25.1 Å². The van der Waals surface area contributed by atoms with E-state index in [0.29, 0.717) is 13.0 Å². The smallest absolute Gasteiger partial charge is 0.322 e. The Balaban J connectivity index is 1.57. The number of aromatic nitrogens is 2. The van der Waals surface area contributed by atoms with Gasteiger partial charge in [0.1, 0.15) is 11.9 Å². The predicted molar refractivity (Wildman–Crippen MR) is 76.5 cm³/mol. The third-order valence-corrected chi connectivity index (χ3v) is 4.05. The number of imide groups is 1. The van der Waals surface area contributed by atoms with Gasteiger partial charge in [-0.2, -0.15) is 0 Å². The number of urea groups is 1. The third-order valence-electron chi connectivity index (χ3n) is 4.05. The molecule has 118 valence electrons. The fourth-order valence-corrected chi connectivity index (χ4v) is 2.58. The van der Waals surface area contributed by atoms with Gasteiger partial charge in [-0.3, -0.25) is 14.9 Å². The van der Waals surface area contributed by atoms with E-state index in [-0.39, 0.29) is 24.3 Å². The van der Waals surface area contributed by atoms with Crippen LogP contribution < -0.4 is 10.6 Å². The van der Waals surface area contributed by atoms with Gasteiger partial charge in [0.15, 0.2) is 0 Å². The molecule has 0 unspecified atom stereocenters. The monoisotopic (exact) mass is 305 g/mol. The SMILES string of the molecule is Cn1ccnc1CN(C(=O)CC[C@@H]1NC(=O)NC1=O)C1CC1. The molecule has 8 nitrogen and oxygen atoms in total. The normalized spacial score (nSPS) is 20.7. The minimum Gasteiger partial charge on any atom is -0.337 e. The number of rotatable bonds is 6. The number of hydrogen-bond donors (Lipinski definition) is 2. The molecule has 1 aliphatic heterocycles. The average Bonchev–Trinajstić information content (AvgIpc) is 3.15. The number of nitrogens with one attached hydrogen (secondary N) is 2. The first kappa shape index (κ1) is 14.6. The molecule has 0 spiro atoms. The van der Waals surface area contributed by atoms with E-state index in [1.54, 1.807) is 6.20 Å². The Bertz CT molecular complexity index is 607. The third kappa shape index (κ3) is 3.10. The van der Waals surface area contributed by atoms with E-state index in [1.807, 2.05) is 22.7 Å². The summed E-state index contributed by atoms with van der Waals surface area (Å²) in [6.07, 6.45) is 6.14. The van der Waals surface area contributed by atoms with Crippen LogP contribution in [0.5, 0.6) is 0 Å². The molecule has 2 fully saturated rings. The first-order chi connectivity index (χ1) is 10.5. The maximum Gasteiger partial charge on any atom is 0.322 e. The first-order valence-corrected chi connectivity index (χ1v) is 7.41. The largest absolute Gasteiger partial charge is 0.337 e. The maximum absolute atomic E-state index is 12.5. The van der Waals surface area contributed by atoms with Crippen molar-refractivity contribution in [1.29, 1.82) is 0 Å². The number of imidazole rings is 1. The van der Waals surface area contributed by atoms with Crippen molar-refractivity contribution in [2.45, 2.75) is 44.3 Å². The van der Waals surface area contributed by atoms with Crippen LogP contribution in [0, 0.1) is 0 Å². The first-order valence-electron chi connectivity index (χ1n) is 7.41. The molecule has 2 aliphatic rings. The van der Waals surface area contributed by atoms with Gasteiger partial charge < -0.3 is 14.8 Å². The predicted octanol–water partition coefficient (Wildman–Crippen LogP) is -0.101. The number of aryl methyl sites for hydroxylation is 1. The number of amides is 4. The van der Waals surface area contributed by atoms with E-state index < -0.39 is 12.1 Å². The molecule has 0 radical (unpaired) electrons. The Morgan fingerprint density at radius 3 is 2.77 bits per heavy atom. The van der Waals surface area contributed by atoms with E-state index in [2.05, 4.69) is 15.6 Å². The highest BCUT2D eigenvalue weighted by atomic mass is 16.2. The van der Waals surface area contributed by atoms with Gasteiger partial charge in [0.25, 0.3) is 5.91 Å². The molecule has 8 heteroatoms. The molecular weight excluding hydrogens is 286 g/mol. The minimum absolute atomic E-state index is 0.000510. The lowest BCUT2D eigenvalue weighted by molar-refractivity contribution is -0.132. The molecule has 1 saturated heterocycles. The molecule has 3 rings (SSSR count). The van der Waals surface area contributed by atoms with Crippen LogP contribution >= 0.6 is 0 Å². The molecule has 2 heterocycles. The Hall–Kier alpha value is -2.38. The summed E-state index contributed by atoms with van der Waals surface area (Å²) in [5, 5.41) is 4.68. The number of nitrogens with zero attached hydrogens (tertiary/aromatic N) is 3. The highest BCUT2D eigenvalue weighted by Gasteiger charge is 2.35. The van der Waals surface area contributed by atoms with Crippen LogP contribution in [0.4, 0.5) is 4.79 Å². The molecule has 1 aliphatic carbocycles. The van der Waals surface area contributed by atoms with Crippen LogP contribution in [0.1, 0.15) is 31.5 Å². The van der Waals surface area contributed by atoms with Crippen molar-refractivity contribution in [3.8, 4) is 0 Å². The lowest BCUT2D eigenvalue weighted by atomic mass is 10.1. The van der Waals surface area contributed by atoms with Crippen molar-refractivity contribution in [3.05, 3.63) is 18.2 Å². The molecule has 1 aromatic rings. The van der Waals surface area contributed by atoms with Crippen molar-refractivity contribution in [2.75, 3.05) is 0 Å². The summed E-state index contributed by atoms with van der Waals surface area (Å²) < 4.78 is 1.90. The van der Waals surface area contributed by atoms with Gasteiger partial charge in [-0.05, 0) is 19.3 Å². The fraction of sp³-hybridized carbons (Fsp3) is 0.571. The number of carbonyl (C=O) groups excluding carboxylic acids is 3. The summed E-state index contributed by atoms with van der Waals surface area (Å²) in [6.45, 7) is 0.482. The van der Waals surface area contributed by atoms with Crippen LogP contribution in [0.15, 0.2) is 12.4 Å². The van der Waals surface area contributed by atoms with Crippen LogP contribution in [0.25, 0.3) is 0 Å². The highest BCUT2D eigenvalue weighted by molar-refractivity contribution is 6.04. The summed E-state index contributed by atoms with van der Waals surface area (Å²) in [6, 6.07) is -0.823. The molecule has 0 aromatic carbocycles. The van der Waals surface area contributed by atoms with Crippen molar-refractivity contribution in [2.24, 2.45) is 7.05 Å². The summed E-state index contributed by atoms with van der Waals surface area (Å²) in [4.78, 5) is 41.1. The average molecular weight is 305 g/mol. The van der Waals surface area contributed by atoms with Crippen LogP contribution in [0.3, 0.4) is 0 Å². The van der Waals surface area contributed by atoms with Crippen LogP contribution in [-0.4, -0.2) is 44.4 Å². The maximum atomic E-state index is 12.5. The summed E-state index contributed by atoms with van der Waals surface area (Å²) in [5.74, 6) is 0.478. The summed E-state index contributed by atoms with van der Waals surface area (Å²) in [5.41, 5.74) is 0. The summed E-state index contributed by atoms with van der Waals surface area (Å²) >= 11 is 0. The zero-order valence-electron chi connectivity index (χ0n) is 12.4. The summed E-state index contributed by atoms with van der Waals surface area (Å²) in [7, 11) is 1.90. The lowest BCUT2D eigenvalue weighted by Gasteiger charge is -2.22. The standard InChI is InChI=1S/C14H19N5O3/c1-18-7-6-15-11(18)8-19(9-2-3-9)12(20)5-4-10-13(21)17-14(22)16-10/h6-7,9-10H,2-5,8H2,1H3,(H2,16,17,21,22)/t10-/m0/s1. The Morgan fingerprint density at radius 2 is 2.23 bits per heavy atom. The van der Waals surface area contributed by atoms with Crippen LogP contribution in [0.2, 0.25) is 0 Å². The van der Waals surface area contributed by atoms with Gasteiger partial charge >= 0.3 is 6.03 Å². The molecule has 2 N–H and O–H groups in total. The molecule has 1 aromatic heterocycles.